The van der Waals surface area contributed by atoms with Crippen molar-refractivity contribution in [1.29, 1.82) is 0 Å². The van der Waals surface area contributed by atoms with Crippen molar-refractivity contribution in [3.63, 3.8) is 0 Å². The first kappa shape index (κ1) is 31.9. The van der Waals surface area contributed by atoms with E-state index in [4.69, 9.17) is 14.2 Å². The maximum Gasteiger partial charge on any atom is 0.407 e. The van der Waals surface area contributed by atoms with E-state index < -0.39 is 27.8 Å². The van der Waals surface area contributed by atoms with Crippen LogP contribution in [0, 0.1) is 13.8 Å². The van der Waals surface area contributed by atoms with Crippen LogP contribution in [0.5, 0.6) is 0 Å². The molecule has 1 unspecified atom stereocenters. The number of nitrogens with zero attached hydrogens (tertiary/aromatic N) is 4. The number of hydrogen-bond donors (Lipinski definition) is 1. The highest BCUT2D eigenvalue weighted by Gasteiger charge is 2.35. The van der Waals surface area contributed by atoms with Gasteiger partial charge in [-0.15, -0.1) is 0 Å². The second kappa shape index (κ2) is 13.1. The van der Waals surface area contributed by atoms with E-state index in [0.717, 1.165) is 11.1 Å². The van der Waals surface area contributed by atoms with Crippen LogP contribution in [0.25, 0.3) is 11.1 Å². The van der Waals surface area contributed by atoms with Crippen LogP contribution >= 0.6 is 0 Å². The van der Waals surface area contributed by atoms with Crippen molar-refractivity contribution in [1.82, 2.24) is 24.3 Å². The average molecular weight is 610 g/mol. The molecule has 0 radical (unpaired) electrons. The molecule has 0 saturated carbocycles. The van der Waals surface area contributed by atoms with Gasteiger partial charge in [-0.1, -0.05) is 54.5 Å². The Hall–Kier alpha value is -4.03. The van der Waals surface area contributed by atoms with E-state index >= 15 is 0 Å². The van der Waals surface area contributed by atoms with E-state index in [2.05, 4.69) is 10.5 Å². The summed E-state index contributed by atoms with van der Waals surface area (Å²) in [6, 6.07) is 15.3. The number of hydrogen-bond acceptors (Lipinski definition) is 8. The third-order valence-corrected chi connectivity index (χ3v) is 8.74. The smallest absolute Gasteiger partial charge is 0.407 e. The second-order valence-corrected chi connectivity index (χ2v) is 13.3. The number of carbonyl (C=O) groups excluding carboxylic acids is 1. The molecule has 4 aromatic rings. The van der Waals surface area contributed by atoms with Crippen molar-refractivity contribution in [3.8, 4) is 0 Å². The molecule has 1 atom stereocenters. The van der Waals surface area contributed by atoms with Crippen LogP contribution in [-0.2, 0) is 21.3 Å². The highest BCUT2D eigenvalue weighted by Crippen LogP contribution is 2.31. The predicted molar refractivity (Wildman–Crippen MR) is 163 cm³/mol. The van der Waals surface area contributed by atoms with Crippen molar-refractivity contribution in [2.24, 2.45) is 0 Å². The molecular weight excluding hydrogens is 570 g/mol. The average Bonchev–Trinajstić information content (AvgIpc) is 3.32. The molecule has 0 aliphatic rings. The molecule has 2 aromatic heterocycles. The van der Waals surface area contributed by atoms with Gasteiger partial charge in [-0.25, -0.2) is 13.2 Å². The summed E-state index contributed by atoms with van der Waals surface area (Å²) in [5.41, 5.74) is 1.08. The molecule has 0 aliphatic carbocycles. The molecule has 43 heavy (non-hydrogen) atoms. The summed E-state index contributed by atoms with van der Waals surface area (Å²) in [6.45, 7) is 11.0. The van der Waals surface area contributed by atoms with Crippen LogP contribution in [0.4, 0.5) is 4.79 Å². The molecule has 4 rings (SSSR count). The summed E-state index contributed by atoms with van der Waals surface area (Å²) in [4.78, 5) is 30.9. The van der Waals surface area contributed by atoms with Gasteiger partial charge in [0.05, 0.1) is 23.2 Å². The first-order valence-electron chi connectivity index (χ1n) is 14.3. The molecule has 0 fully saturated rings. The molecule has 0 bridgehead atoms. The Morgan fingerprint density at radius 3 is 2.49 bits per heavy atom. The van der Waals surface area contributed by atoms with Gasteiger partial charge in [0, 0.05) is 13.1 Å². The number of sulfonamides is 1. The second-order valence-electron chi connectivity index (χ2n) is 11.4. The van der Waals surface area contributed by atoms with Gasteiger partial charge in [-0.2, -0.15) is 9.29 Å². The molecule has 11 nitrogen and oxygen atoms in total. The zero-order valence-corrected chi connectivity index (χ0v) is 26.3. The summed E-state index contributed by atoms with van der Waals surface area (Å²) in [5, 5.41) is 6.90. The lowest BCUT2D eigenvalue weighted by Gasteiger charge is -2.31. The minimum Gasteiger partial charge on any atom is -0.444 e. The van der Waals surface area contributed by atoms with E-state index in [9.17, 15) is 18.0 Å². The largest absolute Gasteiger partial charge is 0.444 e. The molecule has 0 aliphatic heterocycles. The van der Waals surface area contributed by atoms with Gasteiger partial charge in [0.2, 0.25) is 10.0 Å². The Morgan fingerprint density at radius 2 is 1.84 bits per heavy atom. The molecule has 1 N–H and O–H groups in total. The van der Waals surface area contributed by atoms with E-state index in [0.29, 0.717) is 12.1 Å². The van der Waals surface area contributed by atoms with E-state index in [1.54, 1.807) is 45.9 Å². The lowest BCUT2D eigenvalue weighted by molar-refractivity contribution is 0.0526. The summed E-state index contributed by atoms with van der Waals surface area (Å²) >= 11 is 0. The van der Waals surface area contributed by atoms with Crippen LogP contribution in [0.1, 0.15) is 69.2 Å². The zero-order valence-electron chi connectivity index (χ0n) is 25.5. The van der Waals surface area contributed by atoms with Gasteiger partial charge in [0.15, 0.2) is 0 Å². The Bertz CT molecular complexity index is 1740. The molecular formula is C31H39N5O6S. The normalized spacial score (nSPS) is 12.9. The van der Waals surface area contributed by atoms with Gasteiger partial charge in [-0.3, -0.25) is 9.36 Å². The minimum absolute atomic E-state index is 0.0409. The fourth-order valence-corrected chi connectivity index (χ4v) is 6.67. The van der Waals surface area contributed by atoms with Crippen molar-refractivity contribution >= 4 is 27.2 Å². The summed E-state index contributed by atoms with van der Waals surface area (Å²) < 4.78 is 42.1. The van der Waals surface area contributed by atoms with Gasteiger partial charge in [0.25, 0.3) is 11.3 Å². The first-order chi connectivity index (χ1) is 20.3. The topological polar surface area (TPSA) is 137 Å². The number of fused-ring (bicyclic) bond motifs is 1. The Morgan fingerprint density at radius 1 is 1.12 bits per heavy atom. The third-order valence-electron chi connectivity index (χ3n) is 6.83. The number of alkyl carbamates (subject to hydrolysis) is 1. The predicted octanol–water partition coefficient (Wildman–Crippen LogP) is 5.11. The quantitative estimate of drug-likeness (QED) is 0.232. The number of nitrogens with one attached hydrogen (secondary N) is 1. The van der Waals surface area contributed by atoms with Gasteiger partial charge < -0.3 is 14.6 Å². The number of aromatic nitrogens is 3. The van der Waals surface area contributed by atoms with Crippen LogP contribution in [0.2, 0.25) is 0 Å². The van der Waals surface area contributed by atoms with Crippen LogP contribution in [0.3, 0.4) is 0 Å². The van der Waals surface area contributed by atoms with Crippen molar-refractivity contribution in [3.05, 3.63) is 87.6 Å². The van der Waals surface area contributed by atoms with Crippen molar-refractivity contribution < 1.29 is 22.5 Å². The number of ether oxygens (including phenoxy) is 1. The Labute approximate surface area is 251 Å². The van der Waals surface area contributed by atoms with Gasteiger partial charge in [0.1, 0.15) is 16.8 Å². The highest BCUT2D eigenvalue weighted by molar-refractivity contribution is 7.89. The first-order valence-corrected chi connectivity index (χ1v) is 15.7. The molecule has 2 heterocycles. The minimum atomic E-state index is -4.08. The maximum atomic E-state index is 14.3. The number of rotatable bonds is 11. The Kier molecular flexibility index (Phi) is 9.71. The molecule has 0 spiro atoms. The van der Waals surface area contributed by atoms with Crippen LogP contribution in [-0.4, -0.2) is 52.2 Å². The lowest BCUT2D eigenvalue weighted by Crippen LogP contribution is -2.40. The summed E-state index contributed by atoms with van der Waals surface area (Å²) in [6.07, 6.45) is 0.00902. The number of carbonyl (C=O) groups is 1. The summed E-state index contributed by atoms with van der Waals surface area (Å²) in [5.74, 6) is 0.247. The van der Waals surface area contributed by atoms with Crippen LogP contribution < -0.4 is 10.9 Å². The monoisotopic (exact) mass is 609 g/mol. The van der Waals surface area contributed by atoms with Crippen molar-refractivity contribution in [2.45, 2.75) is 77.5 Å². The molecule has 1 amide bonds. The van der Waals surface area contributed by atoms with E-state index in [1.807, 2.05) is 50.2 Å². The Balaban J connectivity index is 1.79. The summed E-state index contributed by atoms with van der Waals surface area (Å²) in [7, 11) is -4.08. The molecule has 0 saturated heterocycles. The SMILES string of the molecule is CCC(c1nc2onc(C)c2c(=O)n1Cc1ccccc1)N(CCCNC(=O)OC(C)(C)C)S(=O)(=O)c1cccc(C)c1. The molecule has 12 heteroatoms. The fraction of sp³-hybridized carbons (Fsp3) is 0.419. The maximum absolute atomic E-state index is 14.3. The fourth-order valence-electron chi connectivity index (χ4n) is 4.87. The van der Waals surface area contributed by atoms with Crippen molar-refractivity contribution in [2.75, 3.05) is 13.1 Å². The number of amides is 1. The third kappa shape index (κ3) is 7.49. The zero-order chi connectivity index (χ0) is 31.4. The standard InChI is InChI=1S/C31H39N5O6S/c1-7-25(27-33-28-26(22(3)34-42-28)29(37)35(27)20-23-14-9-8-10-15-23)36(18-12-17-32-30(38)41-31(4,5)6)43(39,40)24-16-11-13-21(2)19-24/h8-11,13-16,19,25H,7,12,17-18,20H2,1-6H3,(H,32,38). The highest BCUT2D eigenvalue weighted by atomic mass is 32.2. The molecule has 2 aromatic carbocycles. The van der Waals surface area contributed by atoms with Gasteiger partial charge >= 0.3 is 6.09 Å². The van der Waals surface area contributed by atoms with E-state index in [1.165, 1.54) is 8.87 Å². The van der Waals surface area contributed by atoms with Crippen LogP contribution in [0.15, 0.2) is 68.8 Å². The number of aryl methyl sites for hydroxylation is 2. The number of benzene rings is 2. The van der Waals surface area contributed by atoms with Gasteiger partial charge in [-0.05, 0) is 70.7 Å². The molecule has 230 valence electrons. The lowest BCUT2D eigenvalue weighted by atomic mass is 10.1. The van der Waals surface area contributed by atoms with E-state index in [-0.39, 0.29) is 53.4 Å².